The molecule has 0 saturated heterocycles. The summed E-state index contributed by atoms with van der Waals surface area (Å²) in [5.74, 6) is 1.77. The van der Waals surface area contributed by atoms with Crippen LogP contribution in [0.5, 0.6) is 17.2 Å². The van der Waals surface area contributed by atoms with Crippen LogP contribution in [-0.4, -0.2) is 19.6 Å². The number of rotatable bonds is 9. The van der Waals surface area contributed by atoms with Crippen LogP contribution in [0, 0.1) is 0 Å². The molecule has 162 valence electrons. The molecule has 3 aromatic carbocycles. The summed E-state index contributed by atoms with van der Waals surface area (Å²) in [4.78, 5) is 12.9. The fourth-order valence-corrected chi connectivity index (χ4v) is 3.26. The number of carbonyl (C=O) groups is 1. The van der Waals surface area contributed by atoms with E-state index in [4.69, 9.17) is 25.8 Å². The molecule has 1 unspecified atom stereocenters. The summed E-state index contributed by atoms with van der Waals surface area (Å²) in [6, 6.07) is 20.0. The summed E-state index contributed by atoms with van der Waals surface area (Å²) in [5.41, 5.74) is 2.28. The van der Waals surface area contributed by atoms with E-state index in [9.17, 15) is 4.79 Å². The Hall–Kier alpha value is -3.18. The van der Waals surface area contributed by atoms with Crippen molar-refractivity contribution in [1.29, 1.82) is 0 Å². The van der Waals surface area contributed by atoms with E-state index >= 15 is 0 Å². The molecule has 0 aromatic heterocycles. The third-order valence-electron chi connectivity index (χ3n) is 4.79. The van der Waals surface area contributed by atoms with E-state index in [1.807, 2.05) is 62.4 Å². The molecule has 0 spiro atoms. The second-order valence-corrected chi connectivity index (χ2v) is 7.38. The molecule has 0 aliphatic carbocycles. The lowest BCUT2D eigenvalue weighted by Gasteiger charge is -2.17. The minimum Gasteiger partial charge on any atom is -0.493 e. The number of amides is 1. The van der Waals surface area contributed by atoms with Gasteiger partial charge in [-0.3, -0.25) is 4.79 Å². The highest BCUT2D eigenvalue weighted by Crippen LogP contribution is 2.29. The van der Waals surface area contributed by atoms with Gasteiger partial charge in [-0.25, -0.2) is 0 Å². The molecule has 3 aromatic rings. The van der Waals surface area contributed by atoms with Crippen LogP contribution >= 0.6 is 11.6 Å². The number of methoxy groups -OCH3 is 1. The first-order valence-corrected chi connectivity index (χ1v) is 10.5. The highest BCUT2D eigenvalue weighted by Gasteiger charge is 2.15. The molecule has 5 nitrogen and oxygen atoms in total. The van der Waals surface area contributed by atoms with Crippen molar-refractivity contribution < 1.29 is 19.0 Å². The molecular formula is C25H26ClNO4. The van der Waals surface area contributed by atoms with Crippen LogP contribution < -0.4 is 19.5 Å². The Morgan fingerprint density at radius 3 is 2.35 bits per heavy atom. The van der Waals surface area contributed by atoms with Crippen LogP contribution in [0.4, 0.5) is 0 Å². The number of para-hydroxylation sites is 2. The van der Waals surface area contributed by atoms with E-state index in [1.54, 1.807) is 25.3 Å². The zero-order chi connectivity index (χ0) is 22.2. The predicted molar refractivity (Wildman–Crippen MR) is 122 cm³/mol. The normalized spacial score (nSPS) is 11.5. The molecule has 1 N–H and O–H groups in total. The molecule has 1 amide bonds. The summed E-state index contributed by atoms with van der Waals surface area (Å²) >= 11 is 5.95. The number of carbonyl (C=O) groups excluding carboxylic acids is 1. The van der Waals surface area contributed by atoms with Gasteiger partial charge in [0.05, 0.1) is 19.8 Å². The first kappa shape index (κ1) is 22.5. The fourth-order valence-electron chi connectivity index (χ4n) is 3.14. The van der Waals surface area contributed by atoms with Crippen molar-refractivity contribution in [2.45, 2.75) is 26.5 Å². The molecule has 31 heavy (non-hydrogen) atoms. The average Bonchev–Trinajstić information content (AvgIpc) is 2.79. The standard InChI is InChI=1S/C25H26ClNO4/c1-4-30-22-14-11-19(25(28)27-17(2)18-9-12-21(26)13-10-18)15-20(22)16-31-24-8-6-5-7-23(24)29-3/h5-15,17H,4,16H2,1-3H3,(H,27,28). The molecule has 0 aliphatic heterocycles. The van der Waals surface area contributed by atoms with Gasteiger partial charge < -0.3 is 19.5 Å². The highest BCUT2D eigenvalue weighted by atomic mass is 35.5. The molecular weight excluding hydrogens is 414 g/mol. The highest BCUT2D eigenvalue weighted by molar-refractivity contribution is 6.30. The maximum atomic E-state index is 12.9. The quantitative estimate of drug-likeness (QED) is 0.456. The maximum absolute atomic E-state index is 12.9. The van der Waals surface area contributed by atoms with Crippen molar-refractivity contribution in [1.82, 2.24) is 5.32 Å². The van der Waals surface area contributed by atoms with Crippen molar-refractivity contribution in [3.05, 3.63) is 88.4 Å². The van der Waals surface area contributed by atoms with Crippen molar-refractivity contribution in [3.8, 4) is 17.2 Å². The van der Waals surface area contributed by atoms with Gasteiger partial charge in [-0.15, -0.1) is 0 Å². The Labute approximate surface area is 187 Å². The smallest absolute Gasteiger partial charge is 0.251 e. The Bertz CT molecular complexity index is 1020. The van der Waals surface area contributed by atoms with Gasteiger partial charge in [0.25, 0.3) is 5.91 Å². The number of nitrogens with one attached hydrogen (secondary N) is 1. The summed E-state index contributed by atoms with van der Waals surface area (Å²) in [5, 5.41) is 3.68. The van der Waals surface area contributed by atoms with Gasteiger partial charge >= 0.3 is 0 Å². The van der Waals surface area contributed by atoms with Crippen LogP contribution in [0.15, 0.2) is 66.7 Å². The van der Waals surface area contributed by atoms with Crippen molar-refractivity contribution in [3.63, 3.8) is 0 Å². The molecule has 3 rings (SSSR count). The van der Waals surface area contributed by atoms with Crippen LogP contribution in [-0.2, 0) is 6.61 Å². The number of ether oxygens (including phenoxy) is 3. The molecule has 6 heteroatoms. The molecule has 0 radical (unpaired) electrons. The van der Waals surface area contributed by atoms with Crippen molar-refractivity contribution >= 4 is 17.5 Å². The largest absolute Gasteiger partial charge is 0.493 e. The lowest BCUT2D eigenvalue weighted by molar-refractivity contribution is 0.0939. The fraction of sp³-hybridized carbons (Fsp3) is 0.240. The van der Waals surface area contributed by atoms with Crippen LogP contribution in [0.2, 0.25) is 5.02 Å². The maximum Gasteiger partial charge on any atom is 0.251 e. The minimum absolute atomic E-state index is 0.162. The van der Waals surface area contributed by atoms with Crippen molar-refractivity contribution in [2.24, 2.45) is 0 Å². The van der Waals surface area contributed by atoms with Gasteiger partial charge in [0.15, 0.2) is 11.5 Å². The van der Waals surface area contributed by atoms with E-state index in [1.165, 1.54) is 0 Å². The van der Waals surface area contributed by atoms with Gasteiger partial charge in [-0.2, -0.15) is 0 Å². The molecule has 0 fully saturated rings. The van der Waals surface area contributed by atoms with Crippen molar-refractivity contribution in [2.75, 3.05) is 13.7 Å². The number of hydrogen-bond acceptors (Lipinski definition) is 4. The molecule has 0 bridgehead atoms. The van der Waals surface area contributed by atoms with Gasteiger partial charge in [0.1, 0.15) is 12.4 Å². The molecule has 0 aliphatic rings. The van der Waals surface area contributed by atoms with E-state index in [2.05, 4.69) is 5.32 Å². The summed E-state index contributed by atoms with van der Waals surface area (Å²) in [7, 11) is 1.60. The topological polar surface area (TPSA) is 56.8 Å². The second-order valence-electron chi connectivity index (χ2n) is 6.94. The third kappa shape index (κ3) is 5.92. The van der Waals surface area contributed by atoms with E-state index in [0.29, 0.717) is 34.4 Å². The zero-order valence-corrected chi connectivity index (χ0v) is 18.6. The Morgan fingerprint density at radius 1 is 0.968 bits per heavy atom. The molecule has 1 atom stereocenters. The molecule has 0 saturated carbocycles. The van der Waals surface area contributed by atoms with E-state index in [-0.39, 0.29) is 18.6 Å². The SMILES string of the molecule is CCOc1ccc(C(=O)NC(C)c2ccc(Cl)cc2)cc1COc1ccccc1OC. The van der Waals surface area contributed by atoms with Gasteiger partial charge in [0, 0.05) is 16.1 Å². The van der Waals surface area contributed by atoms with Gasteiger partial charge in [0.2, 0.25) is 0 Å². The van der Waals surface area contributed by atoms with Gasteiger partial charge in [-0.1, -0.05) is 35.9 Å². The first-order valence-electron chi connectivity index (χ1n) is 10.1. The summed E-state index contributed by atoms with van der Waals surface area (Å²) in [6.45, 7) is 4.60. The Kier molecular flexibility index (Phi) is 7.79. The van der Waals surface area contributed by atoms with E-state index < -0.39 is 0 Å². The van der Waals surface area contributed by atoms with Crippen LogP contribution in [0.25, 0.3) is 0 Å². The van der Waals surface area contributed by atoms with Crippen LogP contribution in [0.1, 0.15) is 41.4 Å². The monoisotopic (exact) mass is 439 g/mol. The number of halogens is 1. The summed E-state index contributed by atoms with van der Waals surface area (Å²) < 4.78 is 17.0. The third-order valence-corrected chi connectivity index (χ3v) is 5.04. The number of benzene rings is 3. The first-order chi connectivity index (χ1) is 15.0. The lowest BCUT2D eigenvalue weighted by atomic mass is 10.1. The van der Waals surface area contributed by atoms with Crippen LogP contribution in [0.3, 0.4) is 0 Å². The summed E-state index contributed by atoms with van der Waals surface area (Å²) in [6.07, 6.45) is 0. The average molecular weight is 440 g/mol. The second kappa shape index (κ2) is 10.7. The zero-order valence-electron chi connectivity index (χ0n) is 17.9. The predicted octanol–water partition coefficient (Wildman–Crippen LogP) is 5.82. The lowest BCUT2D eigenvalue weighted by Crippen LogP contribution is -2.26. The van der Waals surface area contributed by atoms with E-state index in [0.717, 1.165) is 11.1 Å². The van der Waals surface area contributed by atoms with Gasteiger partial charge in [-0.05, 0) is 61.9 Å². The number of hydrogen-bond donors (Lipinski definition) is 1. The Balaban J connectivity index is 1.76. The minimum atomic E-state index is -0.177. The Morgan fingerprint density at radius 2 is 1.68 bits per heavy atom. The molecule has 0 heterocycles.